The van der Waals surface area contributed by atoms with Gasteiger partial charge in [0.05, 0.1) is 11.4 Å². The summed E-state index contributed by atoms with van der Waals surface area (Å²) in [6, 6.07) is 1.61. The molecular formula is C7H7BBrN3. The molecule has 3 N–H and O–H groups in total. The van der Waals surface area contributed by atoms with E-state index in [0.29, 0.717) is 27.2 Å². The second kappa shape index (κ2) is 3.27. The van der Waals surface area contributed by atoms with E-state index < -0.39 is 0 Å². The normalized spacial score (nSPS) is 9.83. The number of rotatable bonds is 1. The third kappa shape index (κ3) is 1.66. The van der Waals surface area contributed by atoms with Crippen molar-refractivity contribution < 1.29 is 0 Å². The average molecular weight is 224 g/mol. The lowest BCUT2D eigenvalue weighted by atomic mass is 9.94. The molecule has 3 nitrogen and oxygen atoms in total. The molecule has 0 saturated carbocycles. The molecule has 12 heavy (non-hydrogen) atoms. The van der Waals surface area contributed by atoms with Crippen LogP contribution in [-0.4, -0.2) is 18.5 Å². The molecular weight excluding hydrogens is 217 g/mol. The van der Waals surface area contributed by atoms with Crippen LogP contribution in [0.15, 0.2) is 10.7 Å². The first kappa shape index (κ1) is 9.25. The molecule has 0 aliphatic rings. The fraction of sp³-hybridized carbons (Fsp3) is 0.143. The summed E-state index contributed by atoms with van der Waals surface area (Å²) < 4.78 is 0.593. The third-order valence-electron chi connectivity index (χ3n) is 1.41. The minimum Gasteiger partial charge on any atom is -0.397 e. The Labute approximate surface area is 80.4 Å². The van der Waals surface area contributed by atoms with Crippen LogP contribution in [-0.2, 0) is 0 Å². The summed E-state index contributed by atoms with van der Waals surface area (Å²) in [5.74, 6) is 0. The Balaban J connectivity index is 3.37. The largest absolute Gasteiger partial charge is 0.397 e. The molecule has 1 rings (SSSR count). The van der Waals surface area contributed by atoms with E-state index in [9.17, 15) is 0 Å². The Hall–Kier alpha value is -0.835. The number of hydrogen-bond donors (Lipinski definition) is 2. The zero-order valence-corrected chi connectivity index (χ0v) is 8.14. The summed E-state index contributed by atoms with van der Waals surface area (Å²) in [4.78, 5) is 4.02. The molecule has 0 unspecified atom stereocenters. The van der Waals surface area contributed by atoms with E-state index in [0.717, 1.165) is 0 Å². The molecule has 1 aromatic heterocycles. The Bertz CT molecular complexity index is 338. The third-order valence-corrected chi connectivity index (χ3v) is 1.82. The van der Waals surface area contributed by atoms with Gasteiger partial charge >= 0.3 is 0 Å². The lowest BCUT2D eigenvalue weighted by Gasteiger charge is -2.06. The molecule has 0 atom stereocenters. The predicted molar refractivity (Wildman–Crippen MR) is 54.2 cm³/mol. The zero-order chi connectivity index (χ0) is 9.30. The van der Waals surface area contributed by atoms with E-state index in [4.69, 9.17) is 19.0 Å². The van der Waals surface area contributed by atoms with Crippen LogP contribution in [0.25, 0.3) is 0 Å². The fourth-order valence-electron chi connectivity index (χ4n) is 0.828. The van der Waals surface area contributed by atoms with E-state index in [1.165, 1.54) is 0 Å². The number of halogens is 1. The van der Waals surface area contributed by atoms with Crippen molar-refractivity contribution >= 4 is 40.6 Å². The average Bonchev–Trinajstić information content (AvgIpc) is 1.96. The lowest BCUT2D eigenvalue weighted by Crippen LogP contribution is -2.16. The van der Waals surface area contributed by atoms with Gasteiger partial charge in [-0.1, -0.05) is 5.46 Å². The van der Waals surface area contributed by atoms with Crippen LogP contribution < -0.4 is 11.2 Å². The van der Waals surface area contributed by atoms with Gasteiger partial charge in [-0.2, -0.15) is 0 Å². The van der Waals surface area contributed by atoms with Gasteiger partial charge in [0.25, 0.3) is 0 Å². The van der Waals surface area contributed by atoms with E-state index in [-0.39, 0.29) is 0 Å². The number of pyridine rings is 1. The van der Waals surface area contributed by atoms with Crippen molar-refractivity contribution in [1.82, 2.24) is 4.98 Å². The van der Waals surface area contributed by atoms with Gasteiger partial charge in [0.1, 0.15) is 18.1 Å². The summed E-state index contributed by atoms with van der Waals surface area (Å²) >= 11 is 3.17. The standard InChI is InChI=1S/C7H7BBrN3/c1-3(10)7-6(11)4(8)2-5(9)12-7/h2,10H,11H2,1H3. The van der Waals surface area contributed by atoms with Crippen molar-refractivity contribution in [2.45, 2.75) is 6.92 Å². The van der Waals surface area contributed by atoms with Gasteiger partial charge in [-0.3, -0.25) is 0 Å². The summed E-state index contributed by atoms with van der Waals surface area (Å²) in [7, 11) is 5.57. The van der Waals surface area contributed by atoms with E-state index in [1.807, 2.05) is 0 Å². The second-order valence-electron chi connectivity index (χ2n) is 2.42. The van der Waals surface area contributed by atoms with Crippen LogP contribution >= 0.6 is 15.9 Å². The fourth-order valence-corrected chi connectivity index (χ4v) is 1.25. The van der Waals surface area contributed by atoms with E-state index >= 15 is 0 Å². The molecule has 2 radical (unpaired) electrons. The van der Waals surface area contributed by atoms with Crippen molar-refractivity contribution in [2.75, 3.05) is 5.73 Å². The highest BCUT2D eigenvalue weighted by Crippen LogP contribution is 2.11. The number of hydrogen-bond acceptors (Lipinski definition) is 3. The van der Waals surface area contributed by atoms with Crippen molar-refractivity contribution in [3.63, 3.8) is 0 Å². The van der Waals surface area contributed by atoms with Crippen LogP contribution in [0.5, 0.6) is 0 Å². The smallest absolute Gasteiger partial charge is 0.116 e. The second-order valence-corrected chi connectivity index (χ2v) is 3.23. The van der Waals surface area contributed by atoms with Crippen molar-refractivity contribution in [3.8, 4) is 0 Å². The van der Waals surface area contributed by atoms with Gasteiger partial charge in [-0.15, -0.1) is 0 Å². The molecule has 0 spiro atoms. The summed E-state index contributed by atoms with van der Waals surface area (Å²) in [6.07, 6.45) is 0. The maximum atomic E-state index is 7.35. The summed E-state index contributed by atoms with van der Waals surface area (Å²) in [6.45, 7) is 1.62. The highest BCUT2D eigenvalue weighted by atomic mass is 79.9. The first-order valence-corrected chi connectivity index (χ1v) is 4.08. The highest BCUT2D eigenvalue weighted by Gasteiger charge is 2.06. The Kier molecular flexibility index (Phi) is 2.52. The van der Waals surface area contributed by atoms with Crippen LogP contribution in [0.1, 0.15) is 12.6 Å². The molecule has 0 bridgehead atoms. The zero-order valence-electron chi connectivity index (χ0n) is 6.56. The summed E-state index contributed by atoms with van der Waals surface area (Å²) in [5, 5.41) is 7.35. The number of anilines is 1. The topological polar surface area (TPSA) is 62.8 Å². The number of aromatic nitrogens is 1. The van der Waals surface area contributed by atoms with Gasteiger partial charge in [0.2, 0.25) is 0 Å². The number of nitrogens with zero attached hydrogens (tertiary/aromatic N) is 1. The van der Waals surface area contributed by atoms with Crippen LogP contribution in [0.4, 0.5) is 5.69 Å². The van der Waals surface area contributed by atoms with Crippen LogP contribution in [0.3, 0.4) is 0 Å². The predicted octanol–water partition coefficient (Wildman–Crippen LogP) is 0.608. The Morgan fingerprint density at radius 2 is 2.33 bits per heavy atom. The Morgan fingerprint density at radius 3 is 2.83 bits per heavy atom. The van der Waals surface area contributed by atoms with E-state index in [1.54, 1.807) is 13.0 Å². The van der Waals surface area contributed by atoms with Crippen LogP contribution in [0, 0.1) is 5.41 Å². The van der Waals surface area contributed by atoms with E-state index in [2.05, 4.69) is 20.9 Å². The molecule has 60 valence electrons. The molecule has 0 aromatic carbocycles. The maximum absolute atomic E-state index is 7.35. The van der Waals surface area contributed by atoms with Crippen molar-refractivity contribution in [2.24, 2.45) is 0 Å². The Morgan fingerprint density at radius 1 is 1.75 bits per heavy atom. The lowest BCUT2D eigenvalue weighted by molar-refractivity contribution is 1.24. The molecule has 1 heterocycles. The summed E-state index contributed by atoms with van der Waals surface area (Å²) in [5.41, 5.74) is 7.15. The van der Waals surface area contributed by atoms with Gasteiger partial charge in [0.15, 0.2) is 0 Å². The number of nitrogens with one attached hydrogen (secondary N) is 1. The van der Waals surface area contributed by atoms with Crippen LogP contribution in [0.2, 0.25) is 0 Å². The first-order valence-electron chi connectivity index (χ1n) is 3.29. The molecule has 1 aromatic rings. The quantitative estimate of drug-likeness (QED) is 0.417. The van der Waals surface area contributed by atoms with Gasteiger partial charge in [-0.25, -0.2) is 4.98 Å². The minimum atomic E-state index is 0.306. The SMILES string of the molecule is [B]c1cc(Br)nc(C(C)=N)c1N. The molecule has 0 aliphatic heterocycles. The number of nitrogens with two attached hydrogens (primary N) is 1. The molecule has 5 heteroatoms. The number of nitrogen functional groups attached to an aromatic ring is 1. The van der Waals surface area contributed by atoms with Gasteiger partial charge in [-0.05, 0) is 28.9 Å². The molecule has 0 aliphatic carbocycles. The van der Waals surface area contributed by atoms with Crippen molar-refractivity contribution in [3.05, 3.63) is 16.4 Å². The molecule has 0 saturated heterocycles. The maximum Gasteiger partial charge on any atom is 0.116 e. The molecule has 0 fully saturated rings. The molecule has 0 amide bonds. The van der Waals surface area contributed by atoms with Crippen molar-refractivity contribution in [1.29, 1.82) is 5.41 Å². The monoisotopic (exact) mass is 223 g/mol. The van der Waals surface area contributed by atoms with Gasteiger partial charge in [0, 0.05) is 0 Å². The first-order chi connectivity index (χ1) is 5.52. The van der Waals surface area contributed by atoms with Gasteiger partial charge < -0.3 is 11.1 Å². The highest BCUT2D eigenvalue weighted by molar-refractivity contribution is 9.10. The minimum absolute atomic E-state index is 0.306.